The minimum Gasteiger partial charge on any atom is -0.465 e. The molecule has 3 rings (SSSR count). The van der Waals surface area contributed by atoms with Crippen LogP contribution in [0.3, 0.4) is 0 Å². The Morgan fingerprint density at radius 2 is 2.00 bits per heavy atom. The van der Waals surface area contributed by atoms with E-state index in [2.05, 4.69) is 15.3 Å². The standard InChI is InChI=1S/C15H14N4O2S/c1-8-11-13(19-10-5-3-9(16)4-6-10)17-7-18-14(11)22-12(8)15(20)21-2/h3-7H,16H2,1-2H3,(H,17,18,19). The van der Waals surface area contributed by atoms with E-state index in [1.54, 1.807) is 12.1 Å². The summed E-state index contributed by atoms with van der Waals surface area (Å²) >= 11 is 1.30. The topological polar surface area (TPSA) is 90.1 Å². The number of ether oxygens (including phenoxy) is 1. The fraction of sp³-hybridized carbons (Fsp3) is 0.133. The first-order chi connectivity index (χ1) is 10.6. The van der Waals surface area contributed by atoms with Gasteiger partial charge in [0.1, 0.15) is 21.9 Å². The lowest BCUT2D eigenvalue weighted by molar-refractivity contribution is 0.0605. The second kappa shape index (κ2) is 5.61. The van der Waals surface area contributed by atoms with Crippen molar-refractivity contribution in [3.8, 4) is 0 Å². The van der Waals surface area contributed by atoms with Crippen LogP contribution in [0.15, 0.2) is 30.6 Å². The predicted octanol–water partition coefficient (Wildman–Crippen LogP) is 3.11. The van der Waals surface area contributed by atoms with Crippen molar-refractivity contribution < 1.29 is 9.53 Å². The van der Waals surface area contributed by atoms with Gasteiger partial charge in [-0.1, -0.05) is 0 Å². The Bertz CT molecular complexity index is 843. The summed E-state index contributed by atoms with van der Waals surface area (Å²) in [6.45, 7) is 1.86. The highest BCUT2D eigenvalue weighted by Gasteiger charge is 2.19. The number of methoxy groups -OCH3 is 1. The van der Waals surface area contributed by atoms with Crippen LogP contribution in [-0.4, -0.2) is 23.0 Å². The summed E-state index contributed by atoms with van der Waals surface area (Å²) in [7, 11) is 1.37. The summed E-state index contributed by atoms with van der Waals surface area (Å²) in [6, 6.07) is 7.35. The molecule has 3 aromatic rings. The summed E-state index contributed by atoms with van der Waals surface area (Å²) in [5.74, 6) is 0.289. The first-order valence-corrected chi connectivity index (χ1v) is 7.36. The minimum atomic E-state index is -0.362. The number of anilines is 3. The Kier molecular flexibility index (Phi) is 3.64. The van der Waals surface area contributed by atoms with Crippen LogP contribution < -0.4 is 11.1 Å². The molecule has 0 aliphatic heterocycles. The van der Waals surface area contributed by atoms with E-state index in [1.165, 1.54) is 24.8 Å². The molecule has 0 amide bonds. The van der Waals surface area contributed by atoms with Gasteiger partial charge in [0.2, 0.25) is 0 Å². The van der Waals surface area contributed by atoms with Crippen molar-refractivity contribution in [3.05, 3.63) is 41.0 Å². The molecule has 0 atom stereocenters. The van der Waals surface area contributed by atoms with Gasteiger partial charge < -0.3 is 15.8 Å². The number of nitrogens with two attached hydrogens (primary N) is 1. The van der Waals surface area contributed by atoms with Crippen molar-refractivity contribution in [2.45, 2.75) is 6.92 Å². The highest BCUT2D eigenvalue weighted by atomic mass is 32.1. The van der Waals surface area contributed by atoms with Crippen LogP contribution in [0.2, 0.25) is 0 Å². The minimum absolute atomic E-state index is 0.362. The summed E-state index contributed by atoms with van der Waals surface area (Å²) in [5, 5.41) is 4.06. The molecule has 1 aromatic carbocycles. The average Bonchev–Trinajstić information content (AvgIpc) is 2.87. The molecule has 22 heavy (non-hydrogen) atoms. The molecule has 0 radical (unpaired) electrons. The second-order valence-electron chi connectivity index (χ2n) is 4.70. The second-order valence-corrected chi connectivity index (χ2v) is 5.70. The van der Waals surface area contributed by atoms with Gasteiger partial charge >= 0.3 is 5.97 Å². The average molecular weight is 314 g/mol. The van der Waals surface area contributed by atoms with E-state index in [1.807, 2.05) is 19.1 Å². The first-order valence-electron chi connectivity index (χ1n) is 6.55. The Hall–Kier alpha value is -2.67. The molecule has 0 spiro atoms. The summed E-state index contributed by atoms with van der Waals surface area (Å²) < 4.78 is 4.81. The van der Waals surface area contributed by atoms with Gasteiger partial charge in [0, 0.05) is 11.4 Å². The summed E-state index contributed by atoms with van der Waals surface area (Å²) in [6.07, 6.45) is 1.47. The number of carbonyl (C=O) groups is 1. The molecule has 6 nitrogen and oxygen atoms in total. The third kappa shape index (κ3) is 2.46. The van der Waals surface area contributed by atoms with E-state index >= 15 is 0 Å². The molecule has 2 heterocycles. The number of nitrogens with zero attached hydrogens (tertiary/aromatic N) is 2. The van der Waals surface area contributed by atoms with Crippen LogP contribution in [0, 0.1) is 6.92 Å². The van der Waals surface area contributed by atoms with E-state index in [0.29, 0.717) is 16.4 Å². The zero-order chi connectivity index (χ0) is 15.7. The maximum atomic E-state index is 11.8. The number of aryl methyl sites for hydroxylation is 1. The van der Waals surface area contributed by atoms with Gasteiger partial charge in [-0.15, -0.1) is 11.3 Å². The lowest BCUT2D eigenvalue weighted by Gasteiger charge is -2.07. The molecule has 0 saturated heterocycles. The predicted molar refractivity (Wildman–Crippen MR) is 87.6 cm³/mol. The molecule has 7 heteroatoms. The molecule has 3 N–H and O–H groups in total. The smallest absolute Gasteiger partial charge is 0.348 e. The number of thiophene rings is 1. The first kappa shape index (κ1) is 14.3. The Balaban J connectivity index is 2.08. The largest absolute Gasteiger partial charge is 0.465 e. The van der Waals surface area contributed by atoms with Crippen LogP contribution >= 0.6 is 11.3 Å². The number of esters is 1. The van der Waals surface area contributed by atoms with Crippen LogP contribution in [0.5, 0.6) is 0 Å². The van der Waals surface area contributed by atoms with Crippen LogP contribution in [0.1, 0.15) is 15.2 Å². The fourth-order valence-electron chi connectivity index (χ4n) is 2.16. The van der Waals surface area contributed by atoms with Crippen molar-refractivity contribution in [3.63, 3.8) is 0 Å². The molecule has 2 aromatic heterocycles. The molecule has 0 saturated carbocycles. The highest BCUT2D eigenvalue weighted by molar-refractivity contribution is 7.20. The SMILES string of the molecule is COC(=O)c1sc2ncnc(Nc3ccc(N)cc3)c2c1C. The monoisotopic (exact) mass is 314 g/mol. The Labute approximate surface area is 131 Å². The van der Waals surface area contributed by atoms with Crippen molar-refractivity contribution in [2.24, 2.45) is 0 Å². The quantitative estimate of drug-likeness (QED) is 0.570. The fourth-order valence-corrected chi connectivity index (χ4v) is 3.22. The van der Waals surface area contributed by atoms with E-state index in [4.69, 9.17) is 10.5 Å². The normalized spacial score (nSPS) is 10.6. The van der Waals surface area contributed by atoms with E-state index in [9.17, 15) is 4.79 Å². The number of rotatable bonds is 3. The van der Waals surface area contributed by atoms with Gasteiger partial charge in [-0.3, -0.25) is 0 Å². The van der Waals surface area contributed by atoms with Crippen molar-refractivity contribution in [1.29, 1.82) is 0 Å². The molecule has 0 bridgehead atoms. The molecule has 0 fully saturated rings. The van der Waals surface area contributed by atoms with Crippen molar-refractivity contribution >= 4 is 44.7 Å². The van der Waals surface area contributed by atoms with Gasteiger partial charge in [0.15, 0.2) is 0 Å². The Morgan fingerprint density at radius 1 is 1.27 bits per heavy atom. The zero-order valence-corrected chi connectivity index (χ0v) is 12.9. The summed E-state index contributed by atoms with van der Waals surface area (Å²) in [4.78, 5) is 21.6. The third-order valence-electron chi connectivity index (χ3n) is 3.27. The maximum Gasteiger partial charge on any atom is 0.348 e. The van der Waals surface area contributed by atoms with Gasteiger partial charge in [-0.2, -0.15) is 0 Å². The van der Waals surface area contributed by atoms with Gasteiger partial charge in [-0.05, 0) is 36.8 Å². The number of aromatic nitrogens is 2. The number of hydrogen-bond donors (Lipinski definition) is 2. The number of nitrogens with one attached hydrogen (secondary N) is 1. The Morgan fingerprint density at radius 3 is 2.68 bits per heavy atom. The zero-order valence-electron chi connectivity index (χ0n) is 12.1. The number of carbonyl (C=O) groups excluding carboxylic acids is 1. The van der Waals surface area contributed by atoms with Crippen LogP contribution in [0.4, 0.5) is 17.2 Å². The molecule has 112 valence electrons. The van der Waals surface area contributed by atoms with Crippen molar-refractivity contribution in [2.75, 3.05) is 18.2 Å². The molecule has 0 aliphatic carbocycles. The maximum absolute atomic E-state index is 11.8. The number of fused-ring (bicyclic) bond motifs is 1. The van der Waals surface area contributed by atoms with Gasteiger partial charge in [0.25, 0.3) is 0 Å². The number of nitrogen functional groups attached to an aromatic ring is 1. The molecule has 0 aliphatic rings. The van der Waals surface area contributed by atoms with E-state index < -0.39 is 0 Å². The van der Waals surface area contributed by atoms with Crippen molar-refractivity contribution in [1.82, 2.24) is 9.97 Å². The van der Waals surface area contributed by atoms with Crippen LogP contribution in [0.25, 0.3) is 10.2 Å². The molecular formula is C15H14N4O2S. The lowest BCUT2D eigenvalue weighted by Crippen LogP contribution is -2.00. The van der Waals surface area contributed by atoms with Gasteiger partial charge in [-0.25, -0.2) is 14.8 Å². The number of benzene rings is 1. The van der Waals surface area contributed by atoms with E-state index in [-0.39, 0.29) is 5.97 Å². The summed E-state index contributed by atoms with van der Waals surface area (Å²) in [5.41, 5.74) is 8.05. The van der Waals surface area contributed by atoms with Crippen LogP contribution in [-0.2, 0) is 4.74 Å². The third-order valence-corrected chi connectivity index (χ3v) is 4.45. The molecular weight excluding hydrogens is 300 g/mol. The van der Waals surface area contributed by atoms with E-state index in [0.717, 1.165) is 21.5 Å². The lowest BCUT2D eigenvalue weighted by atomic mass is 10.2. The molecule has 0 unspecified atom stereocenters. The van der Waals surface area contributed by atoms with Gasteiger partial charge in [0.05, 0.1) is 12.5 Å². The highest BCUT2D eigenvalue weighted by Crippen LogP contribution is 2.34. The number of hydrogen-bond acceptors (Lipinski definition) is 7.